The van der Waals surface area contributed by atoms with Crippen LogP contribution in [-0.4, -0.2) is 31.1 Å². The maximum Gasteiger partial charge on any atom is 0.416 e. The van der Waals surface area contributed by atoms with Crippen LogP contribution in [0.4, 0.5) is 13.2 Å². The Morgan fingerprint density at radius 3 is 2.41 bits per heavy atom. The van der Waals surface area contributed by atoms with Crippen molar-refractivity contribution < 1.29 is 13.2 Å². The number of guanidine groups is 1. The van der Waals surface area contributed by atoms with Crippen molar-refractivity contribution >= 4 is 17.7 Å². The molecule has 0 aliphatic carbocycles. The molecular weight excluding hydrogens is 311 g/mol. The molecule has 3 nitrogen and oxygen atoms in total. The Morgan fingerprint density at radius 1 is 1.18 bits per heavy atom. The van der Waals surface area contributed by atoms with Crippen LogP contribution in [0.25, 0.3) is 0 Å². The van der Waals surface area contributed by atoms with Crippen LogP contribution in [-0.2, 0) is 12.7 Å². The van der Waals surface area contributed by atoms with E-state index in [9.17, 15) is 13.2 Å². The molecule has 0 unspecified atom stereocenters. The first-order valence-corrected chi connectivity index (χ1v) is 8.54. The number of nitrogens with one attached hydrogen (secondary N) is 2. The standard InChI is InChI=1S/C15H22F3N3S/c1-3-19-14(20-9-4-10-22-2)21-11-12-5-7-13(8-6-12)15(16,17)18/h5-8H,3-4,9-11H2,1-2H3,(H2,19,20,21). The number of nitrogens with zero attached hydrogens (tertiary/aromatic N) is 1. The molecule has 7 heteroatoms. The number of hydrogen-bond acceptors (Lipinski definition) is 2. The molecule has 124 valence electrons. The van der Waals surface area contributed by atoms with Crippen LogP contribution in [0.1, 0.15) is 24.5 Å². The summed E-state index contributed by atoms with van der Waals surface area (Å²) in [4.78, 5) is 4.38. The predicted molar refractivity (Wildman–Crippen MR) is 87.3 cm³/mol. The Bertz CT molecular complexity index is 458. The van der Waals surface area contributed by atoms with Crippen molar-refractivity contribution in [3.8, 4) is 0 Å². The van der Waals surface area contributed by atoms with Gasteiger partial charge in [-0.3, -0.25) is 0 Å². The molecule has 0 aliphatic rings. The number of thioether (sulfide) groups is 1. The molecule has 1 aromatic rings. The van der Waals surface area contributed by atoms with Crippen LogP contribution in [0.15, 0.2) is 29.3 Å². The molecule has 0 bridgehead atoms. The first kappa shape index (κ1) is 18.7. The van der Waals surface area contributed by atoms with Crippen LogP contribution in [0.5, 0.6) is 0 Å². The summed E-state index contributed by atoms with van der Waals surface area (Å²) in [6.07, 6.45) is -1.20. The number of alkyl halides is 3. The molecule has 1 rings (SSSR count). The van der Waals surface area contributed by atoms with E-state index in [2.05, 4.69) is 21.9 Å². The lowest BCUT2D eigenvalue weighted by Gasteiger charge is -2.11. The second-order valence-electron chi connectivity index (χ2n) is 4.66. The van der Waals surface area contributed by atoms with E-state index in [0.717, 1.165) is 43.0 Å². The highest BCUT2D eigenvalue weighted by molar-refractivity contribution is 7.98. The lowest BCUT2D eigenvalue weighted by Crippen LogP contribution is -2.37. The topological polar surface area (TPSA) is 36.4 Å². The van der Waals surface area contributed by atoms with Crippen molar-refractivity contribution in [2.24, 2.45) is 4.99 Å². The molecule has 0 spiro atoms. The first-order chi connectivity index (χ1) is 10.5. The average Bonchev–Trinajstić information content (AvgIpc) is 2.48. The molecule has 0 heterocycles. The fourth-order valence-corrected chi connectivity index (χ4v) is 2.17. The van der Waals surface area contributed by atoms with Crippen LogP contribution < -0.4 is 10.6 Å². The minimum Gasteiger partial charge on any atom is -0.357 e. The van der Waals surface area contributed by atoms with Gasteiger partial charge in [-0.15, -0.1) is 0 Å². The molecule has 1 aromatic carbocycles. The van der Waals surface area contributed by atoms with Crippen molar-refractivity contribution in [2.45, 2.75) is 26.1 Å². The van der Waals surface area contributed by atoms with E-state index in [1.807, 2.05) is 6.92 Å². The van der Waals surface area contributed by atoms with Gasteiger partial charge in [0.05, 0.1) is 12.1 Å². The molecule has 0 aromatic heterocycles. The van der Waals surface area contributed by atoms with Gasteiger partial charge in [-0.1, -0.05) is 12.1 Å². The van der Waals surface area contributed by atoms with Gasteiger partial charge in [-0.25, -0.2) is 4.99 Å². The van der Waals surface area contributed by atoms with E-state index < -0.39 is 11.7 Å². The molecule has 0 saturated heterocycles. The highest BCUT2D eigenvalue weighted by Gasteiger charge is 2.29. The minimum atomic E-state index is -4.30. The van der Waals surface area contributed by atoms with Gasteiger partial charge in [0.2, 0.25) is 0 Å². The minimum absolute atomic E-state index is 0.343. The number of rotatable bonds is 7. The van der Waals surface area contributed by atoms with E-state index in [4.69, 9.17) is 0 Å². The second-order valence-corrected chi connectivity index (χ2v) is 5.65. The number of aliphatic imine (C=N–C) groups is 1. The van der Waals surface area contributed by atoms with Crippen molar-refractivity contribution in [2.75, 3.05) is 25.1 Å². The Kier molecular flexibility index (Phi) is 8.16. The summed E-state index contributed by atoms with van der Waals surface area (Å²) >= 11 is 1.79. The average molecular weight is 333 g/mol. The van der Waals surface area contributed by atoms with Crippen molar-refractivity contribution in [3.63, 3.8) is 0 Å². The molecule has 0 aliphatic heterocycles. The van der Waals surface area contributed by atoms with Crippen molar-refractivity contribution in [1.82, 2.24) is 10.6 Å². The maximum absolute atomic E-state index is 12.5. The fourth-order valence-electron chi connectivity index (χ4n) is 1.73. The zero-order valence-corrected chi connectivity index (χ0v) is 13.7. The highest BCUT2D eigenvalue weighted by atomic mass is 32.2. The van der Waals surface area contributed by atoms with Crippen LogP contribution in [0, 0.1) is 0 Å². The largest absolute Gasteiger partial charge is 0.416 e. The van der Waals surface area contributed by atoms with Crippen LogP contribution >= 0.6 is 11.8 Å². The van der Waals surface area contributed by atoms with E-state index in [-0.39, 0.29) is 0 Å². The van der Waals surface area contributed by atoms with Crippen molar-refractivity contribution in [3.05, 3.63) is 35.4 Å². The van der Waals surface area contributed by atoms with Crippen LogP contribution in [0.3, 0.4) is 0 Å². The van der Waals surface area contributed by atoms with Gasteiger partial charge in [0.25, 0.3) is 0 Å². The Morgan fingerprint density at radius 2 is 1.86 bits per heavy atom. The third kappa shape index (κ3) is 7.06. The molecule has 0 radical (unpaired) electrons. The zero-order chi connectivity index (χ0) is 16.4. The second kappa shape index (κ2) is 9.61. The molecule has 0 saturated carbocycles. The highest BCUT2D eigenvalue weighted by Crippen LogP contribution is 2.29. The molecule has 0 atom stereocenters. The van der Waals surface area contributed by atoms with Gasteiger partial charge < -0.3 is 10.6 Å². The van der Waals surface area contributed by atoms with Gasteiger partial charge >= 0.3 is 6.18 Å². The summed E-state index contributed by atoms with van der Waals surface area (Å²) in [5.74, 6) is 1.76. The third-order valence-corrected chi connectivity index (χ3v) is 3.56. The maximum atomic E-state index is 12.5. The summed E-state index contributed by atoms with van der Waals surface area (Å²) < 4.78 is 37.5. The number of halogens is 3. The summed E-state index contributed by atoms with van der Waals surface area (Å²) in [5, 5.41) is 6.32. The number of hydrogen-bond donors (Lipinski definition) is 2. The monoisotopic (exact) mass is 333 g/mol. The summed E-state index contributed by atoms with van der Waals surface area (Å²) in [7, 11) is 0. The Balaban J connectivity index is 2.57. The van der Waals surface area contributed by atoms with Gasteiger partial charge in [0.15, 0.2) is 5.96 Å². The molecule has 22 heavy (non-hydrogen) atoms. The van der Waals surface area contributed by atoms with E-state index in [0.29, 0.717) is 12.5 Å². The Labute approximate surface area is 133 Å². The lowest BCUT2D eigenvalue weighted by atomic mass is 10.1. The SMILES string of the molecule is CCNC(=NCc1ccc(C(F)(F)F)cc1)NCCCSC. The fraction of sp³-hybridized carbons (Fsp3) is 0.533. The van der Waals surface area contributed by atoms with Gasteiger partial charge in [-0.05, 0) is 43.0 Å². The Hall–Kier alpha value is -1.37. The summed E-state index contributed by atoms with van der Waals surface area (Å²) in [6.45, 7) is 3.87. The summed E-state index contributed by atoms with van der Waals surface area (Å²) in [5.41, 5.74) is 0.108. The van der Waals surface area contributed by atoms with E-state index >= 15 is 0 Å². The van der Waals surface area contributed by atoms with Gasteiger partial charge in [0, 0.05) is 13.1 Å². The van der Waals surface area contributed by atoms with Gasteiger partial charge in [0.1, 0.15) is 0 Å². The molecule has 2 N–H and O–H groups in total. The van der Waals surface area contributed by atoms with Crippen molar-refractivity contribution in [1.29, 1.82) is 0 Å². The smallest absolute Gasteiger partial charge is 0.357 e. The van der Waals surface area contributed by atoms with E-state index in [1.54, 1.807) is 11.8 Å². The van der Waals surface area contributed by atoms with Gasteiger partial charge in [-0.2, -0.15) is 24.9 Å². The molecule has 0 fully saturated rings. The predicted octanol–water partition coefficient (Wildman–Crippen LogP) is 3.51. The quantitative estimate of drug-likeness (QED) is 0.455. The number of benzene rings is 1. The zero-order valence-electron chi connectivity index (χ0n) is 12.8. The molecule has 0 amide bonds. The summed E-state index contributed by atoms with van der Waals surface area (Å²) in [6, 6.07) is 5.10. The lowest BCUT2D eigenvalue weighted by molar-refractivity contribution is -0.137. The first-order valence-electron chi connectivity index (χ1n) is 7.14. The third-order valence-electron chi connectivity index (χ3n) is 2.86. The molecular formula is C15H22F3N3S. The normalized spacial score (nSPS) is 12.3. The van der Waals surface area contributed by atoms with Crippen LogP contribution in [0.2, 0.25) is 0 Å². The van der Waals surface area contributed by atoms with E-state index in [1.165, 1.54) is 12.1 Å².